The van der Waals surface area contributed by atoms with E-state index in [1.807, 2.05) is 0 Å². The van der Waals surface area contributed by atoms with E-state index in [1.165, 1.54) is 13.8 Å². The maximum Gasteiger partial charge on any atom is 0.187 e. The van der Waals surface area contributed by atoms with Crippen LogP contribution in [0.15, 0.2) is 0 Å². The average Bonchev–Trinajstić information content (AvgIpc) is 3.69. The fourth-order valence-corrected chi connectivity index (χ4v) is 14.7. The number of aliphatic hydroxyl groups excluding tert-OH is 9. The first-order valence-corrected chi connectivity index (χ1v) is 23.6. The number of fused-ring (bicyclic) bond motifs is 7. The molecule has 0 aromatic carbocycles. The molecule has 4 aliphatic carbocycles. The molecule has 28 atom stereocenters. The van der Waals surface area contributed by atoms with Gasteiger partial charge >= 0.3 is 0 Å². The van der Waals surface area contributed by atoms with Crippen LogP contribution < -0.4 is 0 Å². The van der Waals surface area contributed by atoms with Gasteiger partial charge in [0.25, 0.3) is 0 Å². The van der Waals surface area contributed by atoms with Gasteiger partial charge in [-0.3, -0.25) is 0 Å². The third kappa shape index (κ3) is 7.47. The van der Waals surface area contributed by atoms with Gasteiger partial charge < -0.3 is 83.9 Å². The minimum atomic E-state index is -1.77. The molecule has 9 aliphatic rings. The molecule has 0 radical (unpaired) electrons. The number of ether oxygens (including phenoxy) is 8. The summed E-state index contributed by atoms with van der Waals surface area (Å²) in [7, 11) is 0. The van der Waals surface area contributed by atoms with Crippen LogP contribution in [0.1, 0.15) is 99.3 Å². The summed E-state index contributed by atoms with van der Waals surface area (Å²) in [5, 5.41) is 98.0. The van der Waals surface area contributed by atoms with Crippen LogP contribution >= 0.6 is 0 Å². The smallest absolute Gasteiger partial charge is 0.187 e. The van der Waals surface area contributed by atoms with E-state index < -0.39 is 111 Å². The highest BCUT2D eigenvalue weighted by molar-refractivity contribution is 5.16. The topological polar surface area (TPSA) is 256 Å². The zero-order valence-corrected chi connectivity index (χ0v) is 37.0. The third-order valence-corrected chi connectivity index (χ3v) is 18.2. The fraction of sp³-hybridized carbons (Fsp3) is 1.00. The highest BCUT2D eigenvalue weighted by Crippen LogP contribution is 2.71. The lowest BCUT2D eigenvalue weighted by molar-refractivity contribution is -0.377. The second-order valence-corrected chi connectivity index (χ2v) is 21.6. The Bertz CT molecular complexity index is 1570. The quantitative estimate of drug-likeness (QED) is 0.156. The summed E-state index contributed by atoms with van der Waals surface area (Å²) in [6.07, 6.45) is -14.1. The van der Waals surface area contributed by atoms with Crippen LogP contribution in [0.4, 0.5) is 0 Å². The number of hydrogen-bond donors (Lipinski definition) is 9. The van der Waals surface area contributed by atoms with E-state index in [-0.39, 0.29) is 29.0 Å². The molecule has 17 nitrogen and oxygen atoms in total. The Hall–Kier alpha value is -0.680. The molecule has 9 fully saturated rings. The zero-order valence-electron chi connectivity index (χ0n) is 37.0. The van der Waals surface area contributed by atoms with Crippen LogP contribution in [-0.4, -0.2) is 175 Å². The van der Waals surface area contributed by atoms with Crippen LogP contribution in [0, 0.1) is 52.3 Å². The van der Waals surface area contributed by atoms with Gasteiger partial charge in [-0.25, -0.2) is 0 Å². The molecular weight excluding hydrogens is 812 g/mol. The number of rotatable bonds is 7. The van der Waals surface area contributed by atoms with Crippen molar-refractivity contribution >= 4 is 0 Å². The first-order chi connectivity index (χ1) is 29.3. The van der Waals surface area contributed by atoms with E-state index in [0.717, 1.165) is 51.6 Å². The van der Waals surface area contributed by atoms with Crippen LogP contribution in [0.25, 0.3) is 0 Å². The Balaban J connectivity index is 0.808. The van der Waals surface area contributed by atoms with Gasteiger partial charge in [-0.1, -0.05) is 27.7 Å². The first-order valence-electron chi connectivity index (χ1n) is 23.6. The number of hydrogen-bond acceptors (Lipinski definition) is 17. The molecule has 0 amide bonds. The summed E-state index contributed by atoms with van der Waals surface area (Å²) < 4.78 is 48.9. The van der Waals surface area contributed by atoms with E-state index >= 15 is 0 Å². The van der Waals surface area contributed by atoms with Crippen LogP contribution in [0.3, 0.4) is 0 Å². The second-order valence-electron chi connectivity index (χ2n) is 21.6. The fourth-order valence-electron chi connectivity index (χ4n) is 14.7. The summed E-state index contributed by atoms with van der Waals surface area (Å²) in [5.41, 5.74) is 0.0267. The summed E-state index contributed by atoms with van der Waals surface area (Å²) >= 11 is 0. The van der Waals surface area contributed by atoms with Crippen LogP contribution in [0.5, 0.6) is 0 Å². The van der Waals surface area contributed by atoms with Gasteiger partial charge in [0.05, 0.1) is 43.7 Å². The van der Waals surface area contributed by atoms with Crippen molar-refractivity contribution in [1.29, 1.82) is 0 Å². The Morgan fingerprint density at radius 2 is 1.21 bits per heavy atom. The highest BCUT2D eigenvalue weighted by atomic mass is 16.8. The monoisotopic (exact) mass is 886 g/mol. The van der Waals surface area contributed by atoms with Crippen molar-refractivity contribution < 1.29 is 83.9 Å². The molecule has 62 heavy (non-hydrogen) atoms. The Kier molecular flexibility index (Phi) is 12.8. The van der Waals surface area contributed by atoms with E-state index in [0.29, 0.717) is 48.3 Å². The van der Waals surface area contributed by atoms with Crippen molar-refractivity contribution in [3.05, 3.63) is 0 Å². The highest BCUT2D eigenvalue weighted by Gasteiger charge is 2.70. The Labute approximate surface area is 364 Å². The molecule has 17 heteroatoms. The van der Waals surface area contributed by atoms with Crippen LogP contribution in [0.2, 0.25) is 0 Å². The van der Waals surface area contributed by atoms with Crippen LogP contribution in [-0.2, 0) is 37.9 Å². The predicted octanol–water partition coefficient (Wildman–Crippen LogP) is 0.292. The lowest BCUT2D eigenvalue weighted by Crippen LogP contribution is -2.66. The molecule has 9 rings (SSSR count). The van der Waals surface area contributed by atoms with Crippen molar-refractivity contribution in [3.63, 3.8) is 0 Å². The third-order valence-electron chi connectivity index (χ3n) is 18.2. The summed E-state index contributed by atoms with van der Waals surface area (Å²) in [6, 6.07) is 0. The van der Waals surface area contributed by atoms with Crippen molar-refractivity contribution in [3.8, 4) is 0 Å². The standard InChI is InChI=1S/C45H74O17/c1-18-7-12-45(55-17-18)19(2)30-28(62-45)15-25-23-14-27(47)26-13-22(8-10-43(26,5)24(23)9-11-44(25,30)6)58-42-37(54)34(51)39(29(16-46)59-42)61-41-36(53)33(50)38(21(4)57-41)60-40-35(52)32(49)31(48)20(3)56-40/h18-42,46-54H,7-17H2,1-6H3/t18-,19+,20+,21+,22+,23-,24+,25+,26-,27+,28+,29-,30+,31+,32-,33+,34-,35-,36-,37-,38+,39-,40+,41+,42-,43-,44+,45-/m1/s1. The van der Waals surface area contributed by atoms with Gasteiger partial charge in [0.15, 0.2) is 24.7 Å². The van der Waals surface area contributed by atoms with Gasteiger partial charge in [-0.2, -0.15) is 0 Å². The second kappa shape index (κ2) is 17.1. The number of aliphatic hydroxyl groups is 9. The van der Waals surface area contributed by atoms with E-state index in [9.17, 15) is 46.0 Å². The largest absolute Gasteiger partial charge is 0.394 e. The normalized spacial score (nSPS) is 60.1. The molecule has 5 aliphatic heterocycles. The molecule has 4 saturated carbocycles. The Morgan fingerprint density at radius 1 is 0.581 bits per heavy atom. The molecule has 0 bridgehead atoms. The minimum Gasteiger partial charge on any atom is -0.394 e. The Morgan fingerprint density at radius 3 is 1.89 bits per heavy atom. The lowest BCUT2D eigenvalue weighted by Gasteiger charge is -2.62. The molecule has 356 valence electrons. The zero-order chi connectivity index (χ0) is 44.4. The van der Waals surface area contributed by atoms with Crippen molar-refractivity contribution in [2.24, 2.45) is 52.3 Å². The van der Waals surface area contributed by atoms with E-state index in [2.05, 4.69) is 27.7 Å². The van der Waals surface area contributed by atoms with Gasteiger partial charge in [-0.15, -0.1) is 0 Å². The van der Waals surface area contributed by atoms with E-state index in [1.54, 1.807) is 0 Å². The van der Waals surface area contributed by atoms with Gasteiger partial charge in [0, 0.05) is 12.3 Å². The molecular formula is C45H74O17. The lowest BCUT2D eigenvalue weighted by atomic mass is 9.43. The van der Waals surface area contributed by atoms with Crippen molar-refractivity contribution in [2.75, 3.05) is 13.2 Å². The molecule has 5 saturated heterocycles. The van der Waals surface area contributed by atoms with E-state index in [4.69, 9.17) is 37.9 Å². The molecule has 9 N–H and O–H groups in total. The molecule has 5 heterocycles. The molecule has 0 unspecified atom stereocenters. The van der Waals surface area contributed by atoms with Gasteiger partial charge in [0.1, 0.15) is 61.0 Å². The first kappa shape index (κ1) is 46.4. The SMILES string of the molecule is C[C@@H]1CC[C@@]2(OC1)O[C@H]1C[C@H]3[C@@H]4C[C@H](O)[C@H]5C[C@@H](O[C@@H]6O[C@H](CO)[C@@H](O[C@@H]7O[C@@H](C)[C@H](O[C@@H]8O[C@@H](C)[C@H](O)[C@@H](O)[C@H]8O)[C@@H](O)[C@H]7O)[C@H](O)[C@H]6O)CC[C@]5(C)[C@H]4CC[C@]3(C)[C@H]1[C@@H]2C. The summed E-state index contributed by atoms with van der Waals surface area (Å²) in [5.74, 6) is 2.16. The molecule has 0 aromatic rings. The van der Waals surface area contributed by atoms with Gasteiger partial charge in [-0.05, 0) is 112 Å². The predicted molar refractivity (Wildman–Crippen MR) is 214 cm³/mol. The van der Waals surface area contributed by atoms with Crippen molar-refractivity contribution in [2.45, 2.75) is 216 Å². The average molecular weight is 887 g/mol. The summed E-state index contributed by atoms with van der Waals surface area (Å²) in [4.78, 5) is 0. The van der Waals surface area contributed by atoms with Crippen molar-refractivity contribution in [1.82, 2.24) is 0 Å². The maximum atomic E-state index is 12.0. The maximum absolute atomic E-state index is 12.0. The molecule has 1 spiro atoms. The van der Waals surface area contributed by atoms with Gasteiger partial charge in [0.2, 0.25) is 0 Å². The molecule has 0 aromatic heterocycles. The summed E-state index contributed by atoms with van der Waals surface area (Å²) in [6.45, 7) is 12.6. The minimum absolute atomic E-state index is 0.0293.